The lowest BCUT2D eigenvalue weighted by molar-refractivity contribution is 0.247. The first kappa shape index (κ1) is 24.8. The number of rotatable bonds is 8. The van der Waals surface area contributed by atoms with Crippen molar-refractivity contribution < 1.29 is 4.79 Å². The average molecular weight is 504 g/mol. The maximum absolute atomic E-state index is 12.4. The summed E-state index contributed by atoms with van der Waals surface area (Å²) in [6.07, 6.45) is 5.19. The van der Waals surface area contributed by atoms with Crippen LogP contribution in [0.1, 0.15) is 46.9 Å². The molecule has 0 radical (unpaired) electrons. The largest absolute Gasteiger partial charge is 0.369 e. The van der Waals surface area contributed by atoms with E-state index in [1.165, 1.54) is 21.7 Å². The van der Waals surface area contributed by atoms with Gasteiger partial charge >= 0.3 is 6.03 Å². The first-order chi connectivity index (χ1) is 17.6. The van der Waals surface area contributed by atoms with Crippen LogP contribution < -0.4 is 15.5 Å². The molecule has 6 nitrogen and oxygen atoms in total. The first-order valence-electron chi connectivity index (χ1n) is 13.3. The van der Waals surface area contributed by atoms with Crippen molar-refractivity contribution in [2.45, 2.75) is 44.9 Å². The molecule has 0 saturated carbocycles. The lowest BCUT2D eigenvalue weighted by Gasteiger charge is -2.36. The molecule has 1 aromatic heterocycles. The normalized spacial score (nSPS) is 18.0. The molecule has 2 amide bonds. The number of aromatic nitrogens is 1. The number of fused-ring (bicyclic) bond motifs is 1. The monoisotopic (exact) mass is 503 g/mol. The van der Waals surface area contributed by atoms with Crippen molar-refractivity contribution in [2.24, 2.45) is 0 Å². The van der Waals surface area contributed by atoms with E-state index < -0.39 is 0 Å². The van der Waals surface area contributed by atoms with Gasteiger partial charge in [0.2, 0.25) is 0 Å². The van der Waals surface area contributed by atoms with Crippen LogP contribution in [0.25, 0.3) is 0 Å². The van der Waals surface area contributed by atoms with Gasteiger partial charge in [-0.15, -0.1) is 11.3 Å². The molecular weight excluding hydrogens is 466 g/mol. The van der Waals surface area contributed by atoms with Crippen LogP contribution in [0.2, 0.25) is 0 Å². The molecule has 1 fully saturated rings. The fourth-order valence-corrected chi connectivity index (χ4v) is 6.38. The van der Waals surface area contributed by atoms with E-state index in [1.807, 2.05) is 0 Å². The maximum Gasteiger partial charge on any atom is 0.321 e. The van der Waals surface area contributed by atoms with Gasteiger partial charge in [-0.05, 0) is 74.8 Å². The second kappa shape index (κ2) is 11.9. The van der Waals surface area contributed by atoms with E-state index in [2.05, 4.69) is 82.0 Å². The maximum atomic E-state index is 12.4. The number of amides is 2. The first-order valence-corrected chi connectivity index (χ1v) is 14.1. The number of carbonyl (C=O) groups excluding carboxylic acids is 1. The number of thiazole rings is 1. The minimum absolute atomic E-state index is 0.146. The smallest absolute Gasteiger partial charge is 0.321 e. The summed E-state index contributed by atoms with van der Waals surface area (Å²) in [4.78, 5) is 23.4. The van der Waals surface area contributed by atoms with Crippen LogP contribution in [0.15, 0.2) is 54.6 Å². The third-order valence-electron chi connectivity index (χ3n) is 7.36. The second-order valence-corrected chi connectivity index (χ2v) is 11.1. The Morgan fingerprint density at radius 2 is 1.89 bits per heavy atom. The van der Waals surface area contributed by atoms with Gasteiger partial charge in [0.1, 0.15) is 0 Å². The molecule has 3 aromatic rings. The predicted octanol–water partition coefficient (Wildman–Crippen LogP) is 5.45. The average Bonchev–Trinajstić information content (AvgIpc) is 3.31. The predicted molar refractivity (Wildman–Crippen MR) is 149 cm³/mol. The standard InChI is InChI=1S/C29H37N5OS/c1-22-8-7-11-25(20-22)34-18-16-33(17-19-34)15-6-5-14-30-28(35)32-29-31-26-13-12-24(21-27(26)36-29)23-9-3-2-4-10-23/h2-4,7-11,20,24H,5-6,12-19,21H2,1H3,(H2,30,31,32,35). The van der Waals surface area contributed by atoms with Crippen molar-refractivity contribution >= 4 is 28.2 Å². The van der Waals surface area contributed by atoms with E-state index >= 15 is 0 Å². The van der Waals surface area contributed by atoms with Gasteiger partial charge in [0.25, 0.3) is 0 Å². The number of nitrogens with zero attached hydrogens (tertiary/aromatic N) is 3. The molecule has 36 heavy (non-hydrogen) atoms. The molecule has 2 aliphatic rings. The number of benzene rings is 2. The van der Waals surface area contributed by atoms with Crippen LogP contribution in [-0.4, -0.2) is 55.2 Å². The minimum Gasteiger partial charge on any atom is -0.369 e. The third-order valence-corrected chi connectivity index (χ3v) is 8.39. The van der Waals surface area contributed by atoms with E-state index in [1.54, 1.807) is 11.3 Å². The van der Waals surface area contributed by atoms with E-state index in [0.717, 1.165) is 75.7 Å². The second-order valence-electron chi connectivity index (χ2n) is 9.99. The number of anilines is 2. The highest BCUT2D eigenvalue weighted by Crippen LogP contribution is 2.36. The Labute approximate surface area is 218 Å². The Bertz CT molecular complexity index is 1140. The molecule has 1 aliphatic heterocycles. The lowest BCUT2D eigenvalue weighted by atomic mass is 9.85. The molecule has 1 atom stereocenters. The summed E-state index contributed by atoms with van der Waals surface area (Å²) >= 11 is 1.63. The Morgan fingerprint density at radius 3 is 2.69 bits per heavy atom. The summed E-state index contributed by atoms with van der Waals surface area (Å²) in [5.74, 6) is 0.548. The quantitative estimate of drug-likeness (QED) is 0.402. The lowest BCUT2D eigenvalue weighted by Crippen LogP contribution is -2.46. The summed E-state index contributed by atoms with van der Waals surface area (Å²) in [7, 11) is 0. The van der Waals surface area contributed by atoms with E-state index in [9.17, 15) is 4.79 Å². The SMILES string of the molecule is Cc1cccc(N2CCN(CCCCNC(=O)Nc3nc4c(s3)CC(c3ccccc3)CC4)CC2)c1. The molecule has 2 aromatic carbocycles. The summed E-state index contributed by atoms with van der Waals surface area (Å²) in [5, 5.41) is 6.69. The zero-order valence-electron chi connectivity index (χ0n) is 21.2. The molecule has 1 unspecified atom stereocenters. The molecule has 2 heterocycles. The van der Waals surface area contributed by atoms with Gasteiger partial charge in [0.05, 0.1) is 5.69 Å². The number of piperazine rings is 1. The van der Waals surface area contributed by atoms with E-state index in [0.29, 0.717) is 12.5 Å². The summed E-state index contributed by atoms with van der Waals surface area (Å²) in [6, 6.07) is 19.4. The van der Waals surface area contributed by atoms with Crippen molar-refractivity contribution in [3.8, 4) is 0 Å². The number of unbranched alkanes of at least 4 members (excludes halogenated alkanes) is 1. The summed E-state index contributed by atoms with van der Waals surface area (Å²) in [5.41, 5.74) is 5.21. The van der Waals surface area contributed by atoms with Gasteiger partial charge in [-0.1, -0.05) is 42.5 Å². The Morgan fingerprint density at radius 1 is 1.06 bits per heavy atom. The van der Waals surface area contributed by atoms with Crippen molar-refractivity contribution in [1.29, 1.82) is 0 Å². The zero-order valence-corrected chi connectivity index (χ0v) is 22.0. The molecule has 7 heteroatoms. The number of hydrogen-bond acceptors (Lipinski definition) is 5. The topological polar surface area (TPSA) is 60.5 Å². The Balaban J connectivity index is 0.978. The highest BCUT2D eigenvalue weighted by Gasteiger charge is 2.24. The van der Waals surface area contributed by atoms with Crippen molar-refractivity contribution in [3.63, 3.8) is 0 Å². The van der Waals surface area contributed by atoms with Crippen molar-refractivity contribution in [1.82, 2.24) is 15.2 Å². The fraction of sp³-hybridized carbons (Fsp3) is 0.448. The molecule has 0 bridgehead atoms. The molecule has 2 N–H and O–H groups in total. The van der Waals surface area contributed by atoms with Gasteiger partial charge in [0, 0.05) is 43.3 Å². The fourth-order valence-electron chi connectivity index (χ4n) is 5.30. The number of carbonyl (C=O) groups is 1. The van der Waals surface area contributed by atoms with Crippen LogP contribution in [-0.2, 0) is 12.8 Å². The van der Waals surface area contributed by atoms with Gasteiger partial charge in [-0.25, -0.2) is 9.78 Å². The van der Waals surface area contributed by atoms with Gasteiger partial charge in [-0.3, -0.25) is 10.2 Å². The van der Waals surface area contributed by atoms with Gasteiger partial charge < -0.3 is 10.2 Å². The zero-order chi connectivity index (χ0) is 24.7. The third kappa shape index (κ3) is 6.45. The number of aryl methyl sites for hydroxylation is 2. The van der Waals surface area contributed by atoms with Crippen LogP contribution in [0.5, 0.6) is 0 Å². The summed E-state index contributed by atoms with van der Waals surface area (Å²) < 4.78 is 0. The number of urea groups is 1. The van der Waals surface area contributed by atoms with E-state index in [4.69, 9.17) is 4.98 Å². The molecule has 1 saturated heterocycles. The van der Waals surface area contributed by atoms with Crippen LogP contribution in [0.3, 0.4) is 0 Å². The molecule has 190 valence electrons. The number of nitrogens with one attached hydrogen (secondary N) is 2. The number of hydrogen-bond donors (Lipinski definition) is 2. The summed E-state index contributed by atoms with van der Waals surface area (Å²) in [6.45, 7) is 8.29. The Kier molecular flexibility index (Phi) is 8.18. The molecule has 0 spiro atoms. The van der Waals surface area contributed by atoms with Crippen LogP contribution in [0.4, 0.5) is 15.6 Å². The molecular formula is C29H37N5OS. The van der Waals surface area contributed by atoms with Crippen molar-refractivity contribution in [3.05, 3.63) is 76.3 Å². The molecule has 1 aliphatic carbocycles. The van der Waals surface area contributed by atoms with Gasteiger partial charge in [0.15, 0.2) is 5.13 Å². The van der Waals surface area contributed by atoms with Crippen LogP contribution >= 0.6 is 11.3 Å². The van der Waals surface area contributed by atoms with E-state index in [-0.39, 0.29) is 6.03 Å². The minimum atomic E-state index is -0.146. The van der Waals surface area contributed by atoms with Crippen molar-refractivity contribution in [2.75, 3.05) is 49.5 Å². The molecule has 5 rings (SSSR count). The Hall–Kier alpha value is -2.90. The highest BCUT2D eigenvalue weighted by molar-refractivity contribution is 7.15. The highest BCUT2D eigenvalue weighted by atomic mass is 32.1. The van der Waals surface area contributed by atoms with Gasteiger partial charge in [-0.2, -0.15) is 0 Å². The van der Waals surface area contributed by atoms with Crippen LogP contribution in [0, 0.1) is 6.92 Å².